The number of hydrogen-bond donors (Lipinski definition) is 0. The Bertz CT molecular complexity index is 1470. The number of rotatable bonds is 7. The number of piperidine rings is 1. The molecule has 0 amide bonds. The molecule has 1 unspecified atom stereocenters. The zero-order valence-electron chi connectivity index (χ0n) is 21.2. The predicted octanol–water partition coefficient (Wildman–Crippen LogP) is 4.45. The third-order valence-corrected chi connectivity index (χ3v) is 6.81. The molecule has 0 aliphatic carbocycles. The van der Waals surface area contributed by atoms with Crippen molar-refractivity contribution in [3.8, 4) is 29.4 Å². The van der Waals surface area contributed by atoms with Crippen LogP contribution in [0.5, 0.6) is 5.88 Å². The van der Waals surface area contributed by atoms with E-state index >= 15 is 0 Å². The van der Waals surface area contributed by atoms with Crippen molar-refractivity contribution in [2.24, 2.45) is 5.92 Å². The number of ether oxygens (including phenoxy) is 1. The van der Waals surface area contributed by atoms with Crippen LogP contribution in [0.15, 0.2) is 42.7 Å². The molecule has 0 radical (unpaired) electrons. The van der Waals surface area contributed by atoms with Gasteiger partial charge in [0.05, 0.1) is 23.6 Å². The van der Waals surface area contributed by atoms with Gasteiger partial charge < -0.3 is 9.64 Å². The summed E-state index contributed by atoms with van der Waals surface area (Å²) in [7, 11) is 0. The number of imidazole rings is 1. The molecular formula is C27H29N9O. The van der Waals surface area contributed by atoms with Crippen LogP contribution in [-0.4, -0.2) is 47.4 Å². The first-order valence-corrected chi connectivity index (χ1v) is 12.5. The van der Waals surface area contributed by atoms with Gasteiger partial charge in [0.2, 0.25) is 5.88 Å². The second kappa shape index (κ2) is 10.3. The highest BCUT2D eigenvalue weighted by molar-refractivity contribution is 5.68. The summed E-state index contributed by atoms with van der Waals surface area (Å²) < 4.78 is 10.3. The van der Waals surface area contributed by atoms with E-state index in [0.717, 1.165) is 55.0 Å². The van der Waals surface area contributed by atoms with Crippen LogP contribution >= 0.6 is 0 Å². The monoisotopic (exact) mass is 495 g/mol. The molecule has 10 heteroatoms. The first kappa shape index (κ1) is 24.3. The van der Waals surface area contributed by atoms with E-state index in [1.807, 2.05) is 41.9 Å². The molecule has 1 saturated heterocycles. The van der Waals surface area contributed by atoms with Gasteiger partial charge in [-0.2, -0.15) is 10.5 Å². The molecule has 0 bridgehead atoms. The molecule has 1 fully saturated rings. The second-order valence-corrected chi connectivity index (χ2v) is 9.81. The van der Waals surface area contributed by atoms with Crippen LogP contribution in [0.2, 0.25) is 0 Å². The Morgan fingerprint density at radius 2 is 1.95 bits per heavy atom. The van der Waals surface area contributed by atoms with E-state index < -0.39 is 0 Å². The Hall–Kier alpha value is -4.44. The minimum Gasteiger partial charge on any atom is -0.469 e. The van der Waals surface area contributed by atoms with Gasteiger partial charge in [-0.15, -0.1) is 5.10 Å². The highest BCUT2D eigenvalue weighted by atomic mass is 16.5. The third kappa shape index (κ3) is 4.83. The summed E-state index contributed by atoms with van der Waals surface area (Å²) in [5, 5.41) is 27.9. The van der Waals surface area contributed by atoms with E-state index in [1.165, 1.54) is 0 Å². The lowest BCUT2D eigenvalue weighted by molar-refractivity contribution is 0.163. The van der Waals surface area contributed by atoms with Gasteiger partial charge in [-0.1, -0.05) is 25.1 Å². The smallest absolute Gasteiger partial charge is 0.201 e. The van der Waals surface area contributed by atoms with Crippen LogP contribution in [-0.2, 0) is 0 Å². The minimum atomic E-state index is -0.296. The average Bonchev–Trinajstić information content (AvgIpc) is 3.52. The highest BCUT2D eigenvalue weighted by Crippen LogP contribution is 2.34. The van der Waals surface area contributed by atoms with E-state index in [4.69, 9.17) is 10.00 Å². The van der Waals surface area contributed by atoms with Gasteiger partial charge in [0, 0.05) is 30.9 Å². The molecule has 5 heterocycles. The van der Waals surface area contributed by atoms with Crippen LogP contribution in [0.4, 0.5) is 0 Å². The van der Waals surface area contributed by atoms with Crippen molar-refractivity contribution in [3.63, 3.8) is 0 Å². The van der Waals surface area contributed by atoms with Crippen LogP contribution < -0.4 is 4.74 Å². The van der Waals surface area contributed by atoms with Gasteiger partial charge in [-0.3, -0.25) is 9.38 Å². The van der Waals surface area contributed by atoms with Crippen molar-refractivity contribution in [2.75, 3.05) is 13.1 Å². The fraction of sp³-hybridized carbons (Fsp3) is 0.407. The van der Waals surface area contributed by atoms with Gasteiger partial charge in [-0.25, -0.2) is 9.67 Å². The molecule has 0 aromatic carbocycles. The Balaban J connectivity index is 1.54. The number of likely N-dealkylation sites (tertiary alicyclic amines) is 1. The summed E-state index contributed by atoms with van der Waals surface area (Å²) in [5.41, 5.74) is 4.34. The molecule has 0 N–H and O–H groups in total. The summed E-state index contributed by atoms with van der Waals surface area (Å²) in [6.45, 7) is 7.74. The van der Waals surface area contributed by atoms with Crippen LogP contribution in [0.3, 0.4) is 0 Å². The minimum absolute atomic E-state index is 0.196. The fourth-order valence-electron chi connectivity index (χ4n) is 4.91. The molecule has 1 aliphatic heterocycles. The number of pyridine rings is 2. The molecule has 0 saturated carbocycles. The maximum Gasteiger partial charge on any atom is 0.201 e. The molecule has 0 spiro atoms. The highest BCUT2D eigenvalue weighted by Gasteiger charge is 2.25. The van der Waals surface area contributed by atoms with Crippen molar-refractivity contribution in [1.29, 1.82) is 10.5 Å². The summed E-state index contributed by atoms with van der Waals surface area (Å²) >= 11 is 0. The number of aromatic nitrogens is 6. The first-order chi connectivity index (χ1) is 18.0. The van der Waals surface area contributed by atoms with E-state index in [1.54, 1.807) is 21.7 Å². The molecule has 37 heavy (non-hydrogen) atoms. The zero-order chi connectivity index (χ0) is 25.9. The van der Waals surface area contributed by atoms with E-state index in [9.17, 15) is 5.26 Å². The SMILES string of the molecule is Cc1c(-c2cc(OC(CC(C)C)c3ccccn3)n3c(C#N)cnc3c2)nnn1C1CCN(C#N)CC1. The number of fused-ring (bicyclic) bond motifs is 1. The molecule has 4 aromatic rings. The second-order valence-electron chi connectivity index (χ2n) is 9.81. The van der Waals surface area contributed by atoms with Crippen LogP contribution in [0.25, 0.3) is 16.9 Å². The molecule has 1 atom stereocenters. The Morgan fingerprint density at radius 1 is 1.14 bits per heavy atom. The summed E-state index contributed by atoms with van der Waals surface area (Å²) in [6.07, 6.45) is 7.70. The van der Waals surface area contributed by atoms with E-state index in [0.29, 0.717) is 23.1 Å². The Labute approximate surface area is 215 Å². The van der Waals surface area contributed by atoms with Gasteiger partial charge in [0.15, 0.2) is 6.19 Å². The normalized spacial score (nSPS) is 15.0. The fourth-order valence-corrected chi connectivity index (χ4v) is 4.91. The summed E-state index contributed by atoms with van der Waals surface area (Å²) in [5.74, 6) is 0.882. The van der Waals surface area contributed by atoms with Crippen molar-refractivity contribution < 1.29 is 4.74 Å². The zero-order valence-corrected chi connectivity index (χ0v) is 21.2. The Kier molecular flexibility index (Phi) is 6.74. The summed E-state index contributed by atoms with van der Waals surface area (Å²) in [4.78, 5) is 10.8. The first-order valence-electron chi connectivity index (χ1n) is 12.5. The van der Waals surface area contributed by atoms with E-state index in [2.05, 4.69) is 46.4 Å². The number of nitriles is 2. The van der Waals surface area contributed by atoms with E-state index in [-0.39, 0.29) is 12.1 Å². The van der Waals surface area contributed by atoms with Crippen molar-refractivity contribution in [3.05, 3.63) is 59.8 Å². The lowest BCUT2D eigenvalue weighted by Gasteiger charge is -2.28. The maximum atomic E-state index is 9.73. The van der Waals surface area contributed by atoms with Crippen molar-refractivity contribution in [2.45, 2.75) is 52.2 Å². The van der Waals surface area contributed by atoms with Crippen LogP contribution in [0.1, 0.15) is 62.3 Å². The summed E-state index contributed by atoms with van der Waals surface area (Å²) in [6, 6.07) is 12.0. The average molecular weight is 496 g/mol. The predicted molar refractivity (Wildman–Crippen MR) is 136 cm³/mol. The van der Waals surface area contributed by atoms with Crippen molar-refractivity contribution in [1.82, 2.24) is 34.3 Å². The molecule has 4 aromatic heterocycles. The lowest BCUT2D eigenvalue weighted by atomic mass is 10.0. The van der Waals surface area contributed by atoms with Crippen molar-refractivity contribution >= 4 is 5.65 Å². The van der Waals surface area contributed by atoms with Crippen LogP contribution in [0, 0.1) is 35.6 Å². The largest absolute Gasteiger partial charge is 0.469 e. The van der Waals surface area contributed by atoms with Gasteiger partial charge >= 0.3 is 0 Å². The molecule has 5 rings (SSSR count). The Morgan fingerprint density at radius 3 is 2.62 bits per heavy atom. The molecule has 1 aliphatic rings. The molecule has 188 valence electrons. The van der Waals surface area contributed by atoms with Gasteiger partial charge in [-0.05, 0) is 50.3 Å². The third-order valence-electron chi connectivity index (χ3n) is 6.81. The number of nitrogens with zero attached hydrogens (tertiary/aromatic N) is 9. The topological polar surface area (TPSA) is 121 Å². The van der Waals surface area contributed by atoms with Gasteiger partial charge in [0.1, 0.15) is 29.2 Å². The quantitative estimate of drug-likeness (QED) is 0.345. The molecule has 10 nitrogen and oxygen atoms in total. The maximum absolute atomic E-state index is 9.73. The van der Waals surface area contributed by atoms with Gasteiger partial charge in [0.25, 0.3) is 0 Å². The molecular weight excluding hydrogens is 466 g/mol. The lowest BCUT2D eigenvalue weighted by Crippen LogP contribution is -2.31. The number of hydrogen-bond acceptors (Lipinski definition) is 8. The standard InChI is InChI=1S/C27H29N9O/c1-18(2)12-24(23-6-4-5-9-30-23)37-26-14-20(13-25-31-16-22(15-28)35(25)26)27-19(3)36(33-32-27)21-7-10-34(17-29)11-8-21/h4-6,9,13-14,16,18,21,24H,7-8,10-12H2,1-3H3.